The SMILES string of the molecule is O=C1CCc2cc(Oc3ccc4c(c3)CCC(=O)N4)ccc2N1. The number of ether oxygens (including phenoxy) is 1. The lowest BCUT2D eigenvalue weighted by atomic mass is 10.0. The zero-order chi connectivity index (χ0) is 15.8. The summed E-state index contributed by atoms with van der Waals surface area (Å²) in [4.78, 5) is 22.8. The first-order valence-corrected chi connectivity index (χ1v) is 7.71. The fourth-order valence-electron chi connectivity index (χ4n) is 2.98. The lowest BCUT2D eigenvalue weighted by Gasteiger charge is -2.19. The number of hydrogen-bond donors (Lipinski definition) is 2. The van der Waals surface area contributed by atoms with Gasteiger partial charge < -0.3 is 15.4 Å². The number of nitrogens with one attached hydrogen (secondary N) is 2. The molecular weight excluding hydrogens is 292 g/mol. The molecule has 2 heterocycles. The van der Waals surface area contributed by atoms with Gasteiger partial charge >= 0.3 is 0 Å². The number of amides is 2. The topological polar surface area (TPSA) is 67.4 Å². The average Bonchev–Trinajstić information content (AvgIpc) is 2.55. The Morgan fingerprint density at radius 2 is 1.17 bits per heavy atom. The fourth-order valence-corrected chi connectivity index (χ4v) is 2.98. The Morgan fingerprint density at radius 1 is 0.696 bits per heavy atom. The number of carbonyl (C=O) groups excluding carboxylic acids is 2. The molecule has 0 saturated heterocycles. The maximum Gasteiger partial charge on any atom is 0.224 e. The Balaban J connectivity index is 1.57. The Bertz CT molecular complexity index is 746. The van der Waals surface area contributed by atoms with Crippen molar-refractivity contribution in [2.75, 3.05) is 10.6 Å². The second-order valence-corrected chi connectivity index (χ2v) is 5.84. The molecule has 4 rings (SSSR count). The first kappa shape index (κ1) is 13.8. The van der Waals surface area contributed by atoms with Crippen molar-refractivity contribution in [3.63, 3.8) is 0 Å². The summed E-state index contributed by atoms with van der Waals surface area (Å²) in [5, 5.41) is 5.72. The molecule has 2 amide bonds. The maximum absolute atomic E-state index is 11.4. The summed E-state index contributed by atoms with van der Waals surface area (Å²) in [7, 11) is 0. The van der Waals surface area contributed by atoms with Crippen LogP contribution in [0.3, 0.4) is 0 Å². The fraction of sp³-hybridized carbons (Fsp3) is 0.222. The molecule has 0 unspecified atom stereocenters. The van der Waals surface area contributed by atoms with Crippen molar-refractivity contribution in [1.82, 2.24) is 0 Å². The van der Waals surface area contributed by atoms with E-state index in [4.69, 9.17) is 4.74 Å². The quantitative estimate of drug-likeness (QED) is 0.895. The van der Waals surface area contributed by atoms with Crippen LogP contribution in [0.5, 0.6) is 11.5 Å². The van der Waals surface area contributed by atoms with Gasteiger partial charge in [-0.05, 0) is 60.4 Å². The summed E-state index contributed by atoms with van der Waals surface area (Å²) in [6, 6.07) is 11.4. The van der Waals surface area contributed by atoms with Gasteiger partial charge in [-0.25, -0.2) is 0 Å². The number of fused-ring (bicyclic) bond motifs is 2. The number of rotatable bonds is 2. The van der Waals surface area contributed by atoms with Crippen molar-refractivity contribution in [3.8, 4) is 11.5 Å². The molecule has 2 aromatic rings. The van der Waals surface area contributed by atoms with Crippen molar-refractivity contribution < 1.29 is 14.3 Å². The van der Waals surface area contributed by atoms with Gasteiger partial charge in [-0.2, -0.15) is 0 Å². The lowest BCUT2D eigenvalue weighted by molar-refractivity contribution is -0.117. The Labute approximate surface area is 133 Å². The predicted molar refractivity (Wildman–Crippen MR) is 86.9 cm³/mol. The van der Waals surface area contributed by atoms with Crippen molar-refractivity contribution in [1.29, 1.82) is 0 Å². The van der Waals surface area contributed by atoms with E-state index in [1.807, 2.05) is 36.4 Å². The molecule has 0 aliphatic carbocycles. The number of anilines is 2. The highest BCUT2D eigenvalue weighted by Crippen LogP contribution is 2.32. The number of benzene rings is 2. The van der Waals surface area contributed by atoms with Gasteiger partial charge in [-0.1, -0.05) is 0 Å². The standard InChI is InChI=1S/C18H16N2O3/c21-17-7-1-11-9-13(3-5-15(11)19-17)23-14-4-6-16-12(10-14)2-8-18(22)20-16/h3-6,9-10H,1-2,7-8H2,(H,19,21)(H,20,22). The summed E-state index contributed by atoms with van der Waals surface area (Å²) >= 11 is 0. The van der Waals surface area contributed by atoms with Crippen LogP contribution in [0.15, 0.2) is 36.4 Å². The van der Waals surface area contributed by atoms with Crippen molar-refractivity contribution in [2.45, 2.75) is 25.7 Å². The highest BCUT2D eigenvalue weighted by Gasteiger charge is 2.17. The van der Waals surface area contributed by atoms with Gasteiger partial charge in [0.1, 0.15) is 11.5 Å². The van der Waals surface area contributed by atoms with Gasteiger partial charge in [0, 0.05) is 24.2 Å². The molecule has 116 valence electrons. The molecule has 5 nitrogen and oxygen atoms in total. The van der Waals surface area contributed by atoms with Gasteiger partial charge in [-0.3, -0.25) is 9.59 Å². The first-order chi connectivity index (χ1) is 11.2. The second-order valence-electron chi connectivity index (χ2n) is 5.84. The second kappa shape index (κ2) is 5.43. The predicted octanol–water partition coefficient (Wildman–Crippen LogP) is 3.25. The summed E-state index contributed by atoms with van der Waals surface area (Å²) in [6.07, 6.45) is 2.48. The van der Waals surface area contributed by atoms with Crippen molar-refractivity contribution in [3.05, 3.63) is 47.5 Å². The number of carbonyl (C=O) groups is 2. The molecule has 0 fully saturated rings. The smallest absolute Gasteiger partial charge is 0.224 e. The number of hydrogen-bond acceptors (Lipinski definition) is 3. The van der Waals surface area contributed by atoms with Gasteiger partial charge in [0.2, 0.25) is 11.8 Å². The van der Waals surface area contributed by atoms with Gasteiger partial charge in [0.05, 0.1) is 0 Å². The molecule has 0 saturated carbocycles. The number of aryl methyl sites for hydroxylation is 2. The van der Waals surface area contributed by atoms with E-state index in [2.05, 4.69) is 10.6 Å². The van der Waals surface area contributed by atoms with Gasteiger partial charge in [-0.15, -0.1) is 0 Å². The minimum Gasteiger partial charge on any atom is -0.457 e. The summed E-state index contributed by atoms with van der Waals surface area (Å²) in [5.41, 5.74) is 3.91. The summed E-state index contributed by atoms with van der Waals surface area (Å²) in [5.74, 6) is 1.62. The Kier molecular flexibility index (Phi) is 3.26. The molecule has 0 spiro atoms. The van der Waals surface area contributed by atoms with E-state index in [1.54, 1.807) is 0 Å². The van der Waals surface area contributed by atoms with E-state index in [9.17, 15) is 9.59 Å². The van der Waals surface area contributed by atoms with E-state index in [-0.39, 0.29) is 11.8 Å². The van der Waals surface area contributed by atoms with E-state index in [0.29, 0.717) is 12.8 Å². The van der Waals surface area contributed by atoms with E-state index < -0.39 is 0 Å². The Hall–Kier alpha value is -2.82. The molecule has 5 heteroatoms. The van der Waals surface area contributed by atoms with Gasteiger partial charge in [0.25, 0.3) is 0 Å². The van der Waals surface area contributed by atoms with Crippen LogP contribution >= 0.6 is 0 Å². The minimum atomic E-state index is 0.0582. The molecule has 23 heavy (non-hydrogen) atoms. The lowest BCUT2D eigenvalue weighted by Crippen LogP contribution is -2.19. The van der Waals surface area contributed by atoms with Crippen LogP contribution in [0.4, 0.5) is 11.4 Å². The van der Waals surface area contributed by atoms with Crippen molar-refractivity contribution >= 4 is 23.2 Å². The summed E-state index contributed by atoms with van der Waals surface area (Å²) in [6.45, 7) is 0. The highest BCUT2D eigenvalue weighted by atomic mass is 16.5. The van der Waals surface area contributed by atoms with Crippen LogP contribution in [0.25, 0.3) is 0 Å². The third kappa shape index (κ3) is 2.77. The van der Waals surface area contributed by atoms with Crippen LogP contribution < -0.4 is 15.4 Å². The van der Waals surface area contributed by atoms with Crippen molar-refractivity contribution in [2.24, 2.45) is 0 Å². The van der Waals surface area contributed by atoms with Crippen LogP contribution in [-0.2, 0) is 22.4 Å². The monoisotopic (exact) mass is 308 g/mol. The highest BCUT2D eigenvalue weighted by molar-refractivity contribution is 5.94. The molecular formula is C18H16N2O3. The molecule has 0 atom stereocenters. The molecule has 2 aliphatic rings. The molecule has 0 bridgehead atoms. The third-order valence-corrected chi connectivity index (χ3v) is 4.18. The van der Waals surface area contributed by atoms with Crippen LogP contribution in [-0.4, -0.2) is 11.8 Å². The molecule has 0 aromatic heterocycles. The zero-order valence-electron chi connectivity index (χ0n) is 12.5. The van der Waals surface area contributed by atoms with Crippen LogP contribution in [0, 0.1) is 0 Å². The average molecular weight is 308 g/mol. The third-order valence-electron chi connectivity index (χ3n) is 4.18. The van der Waals surface area contributed by atoms with E-state index >= 15 is 0 Å². The van der Waals surface area contributed by atoms with Crippen LogP contribution in [0.1, 0.15) is 24.0 Å². The summed E-state index contributed by atoms with van der Waals surface area (Å²) < 4.78 is 5.94. The van der Waals surface area contributed by atoms with E-state index in [0.717, 1.165) is 46.8 Å². The largest absolute Gasteiger partial charge is 0.457 e. The molecule has 2 aliphatic heterocycles. The Morgan fingerprint density at radius 3 is 1.65 bits per heavy atom. The minimum absolute atomic E-state index is 0.0582. The van der Waals surface area contributed by atoms with Crippen LogP contribution in [0.2, 0.25) is 0 Å². The maximum atomic E-state index is 11.4. The molecule has 2 aromatic carbocycles. The normalized spacial score (nSPS) is 16.0. The molecule has 0 radical (unpaired) electrons. The zero-order valence-corrected chi connectivity index (χ0v) is 12.5. The first-order valence-electron chi connectivity index (χ1n) is 7.71. The molecule has 2 N–H and O–H groups in total. The van der Waals surface area contributed by atoms with E-state index in [1.165, 1.54) is 0 Å². The van der Waals surface area contributed by atoms with Gasteiger partial charge in [0.15, 0.2) is 0 Å².